The summed E-state index contributed by atoms with van der Waals surface area (Å²) >= 11 is 0. The number of alkyl carbamates (subject to hydrolysis) is 1. The Balaban J connectivity index is 2.13. The number of rotatable bonds is 3. The van der Waals surface area contributed by atoms with Gasteiger partial charge in [-0.15, -0.1) is 0 Å². The molecule has 0 bridgehead atoms. The van der Waals surface area contributed by atoms with Crippen LogP contribution in [0, 0.1) is 17.1 Å². The molecule has 8 heteroatoms. The number of aliphatic hydroxyl groups is 1. The third-order valence-corrected chi connectivity index (χ3v) is 4.72. The Morgan fingerprint density at radius 2 is 2.03 bits per heavy atom. The highest BCUT2D eigenvalue weighted by atomic mass is 19.1. The topological polar surface area (TPSA) is 104 Å². The van der Waals surface area contributed by atoms with E-state index in [9.17, 15) is 19.6 Å². The Labute approximate surface area is 173 Å². The fourth-order valence-corrected chi connectivity index (χ4v) is 3.17. The van der Waals surface area contributed by atoms with Crippen LogP contribution in [0.15, 0.2) is 47.5 Å². The summed E-state index contributed by atoms with van der Waals surface area (Å²) in [4.78, 5) is 16.7. The van der Waals surface area contributed by atoms with Gasteiger partial charge in [-0.3, -0.25) is 10.3 Å². The normalized spacial score (nSPS) is 19.8. The molecule has 0 spiro atoms. The van der Waals surface area contributed by atoms with Gasteiger partial charge in [-0.05, 0) is 63.2 Å². The maximum Gasteiger partial charge on any atom is 0.412 e. The number of carbonyl (C=O) groups excluding carboxylic acids is 1. The van der Waals surface area contributed by atoms with Crippen molar-refractivity contribution in [2.45, 2.75) is 38.5 Å². The lowest BCUT2D eigenvalue weighted by molar-refractivity contribution is -0.0567. The van der Waals surface area contributed by atoms with E-state index in [4.69, 9.17) is 9.47 Å². The van der Waals surface area contributed by atoms with Gasteiger partial charge in [-0.2, -0.15) is 5.26 Å². The van der Waals surface area contributed by atoms with Crippen LogP contribution in [0.4, 0.5) is 9.18 Å². The minimum atomic E-state index is -1.08. The van der Waals surface area contributed by atoms with Crippen molar-refractivity contribution in [3.8, 4) is 11.8 Å². The number of hydrogen-bond acceptors (Lipinski definition) is 6. The van der Waals surface area contributed by atoms with Crippen LogP contribution >= 0.6 is 0 Å². The van der Waals surface area contributed by atoms with Crippen molar-refractivity contribution in [3.05, 3.63) is 65.0 Å². The molecule has 30 heavy (non-hydrogen) atoms. The summed E-state index contributed by atoms with van der Waals surface area (Å²) in [5, 5.41) is 22.8. The molecular weight excluding hydrogens is 389 g/mol. The van der Waals surface area contributed by atoms with Gasteiger partial charge in [-0.1, -0.05) is 0 Å². The average molecular weight is 411 g/mol. The molecule has 2 atom stereocenters. The molecule has 1 aliphatic heterocycles. The minimum Gasteiger partial charge on any atom is -0.485 e. The van der Waals surface area contributed by atoms with Crippen molar-refractivity contribution >= 4 is 11.9 Å². The highest BCUT2D eigenvalue weighted by molar-refractivity contribution is 6.06. The van der Waals surface area contributed by atoms with Crippen LogP contribution in [0.25, 0.3) is 0 Å². The van der Waals surface area contributed by atoms with Crippen molar-refractivity contribution in [1.29, 1.82) is 5.26 Å². The number of aliphatic imine (C=N–C) groups is 1. The first kappa shape index (κ1) is 21.3. The highest BCUT2D eigenvalue weighted by Gasteiger charge is 2.43. The zero-order chi connectivity index (χ0) is 21.9. The van der Waals surface area contributed by atoms with E-state index in [2.05, 4.69) is 16.4 Å². The van der Waals surface area contributed by atoms with Crippen LogP contribution < -0.4 is 10.1 Å². The van der Waals surface area contributed by atoms with Crippen molar-refractivity contribution < 1.29 is 23.8 Å². The number of nitriles is 1. The lowest BCUT2D eigenvalue weighted by Crippen LogP contribution is -2.49. The van der Waals surface area contributed by atoms with Gasteiger partial charge in [0.25, 0.3) is 0 Å². The summed E-state index contributed by atoms with van der Waals surface area (Å²) in [5.41, 5.74) is 0.337. The first-order valence-corrected chi connectivity index (χ1v) is 9.43. The summed E-state index contributed by atoms with van der Waals surface area (Å²) in [6.45, 7) is 5.26. The molecule has 0 unspecified atom stereocenters. The quantitative estimate of drug-likeness (QED) is 0.595. The van der Waals surface area contributed by atoms with Crippen molar-refractivity contribution in [2.75, 3.05) is 6.61 Å². The van der Waals surface area contributed by atoms with Gasteiger partial charge in [0.15, 0.2) is 0 Å². The predicted molar refractivity (Wildman–Crippen MR) is 108 cm³/mol. The Kier molecular flexibility index (Phi) is 6.04. The number of carbonyl (C=O) groups is 1. The maximum absolute atomic E-state index is 13.4. The fraction of sp³-hybridized carbons (Fsp3) is 0.318. The number of amidine groups is 1. The van der Waals surface area contributed by atoms with Gasteiger partial charge in [0.1, 0.15) is 35.1 Å². The Morgan fingerprint density at radius 3 is 2.67 bits per heavy atom. The number of hydrogen-bond donors (Lipinski definition) is 2. The van der Waals surface area contributed by atoms with E-state index in [1.807, 2.05) is 0 Å². The maximum atomic E-state index is 13.4. The van der Waals surface area contributed by atoms with E-state index in [0.29, 0.717) is 22.4 Å². The molecule has 0 fully saturated rings. The van der Waals surface area contributed by atoms with Crippen LogP contribution in [0.1, 0.15) is 43.5 Å². The molecule has 2 aromatic carbocycles. The smallest absolute Gasteiger partial charge is 0.412 e. The van der Waals surface area contributed by atoms with Gasteiger partial charge >= 0.3 is 6.09 Å². The predicted octanol–water partition coefficient (Wildman–Crippen LogP) is 3.46. The molecule has 0 saturated carbocycles. The van der Waals surface area contributed by atoms with Crippen LogP contribution in [-0.2, 0) is 4.74 Å². The lowest BCUT2D eigenvalue weighted by Gasteiger charge is -2.40. The summed E-state index contributed by atoms with van der Waals surface area (Å²) in [6, 6.07) is 11.5. The van der Waals surface area contributed by atoms with Crippen LogP contribution in [-0.4, -0.2) is 35.3 Å². The van der Waals surface area contributed by atoms with Crippen LogP contribution in [0.3, 0.4) is 0 Å². The van der Waals surface area contributed by atoms with Crippen molar-refractivity contribution in [2.24, 2.45) is 4.99 Å². The summed E-state index contributed by atoms with van der Waals surface area (Å²) in [7, 11) is 0. The van der Waals surface area contributed by atoms with E-state index in [1.165, 1.54) is 24.3 Å². The number of aliphatic hydroxyl groups excluding tert-OH is 1. The van der Waals surface area contributed by atoms with Crippen molar-refractivity contribution in [3.63, 3.8) is 0 Å². The Morgan fingerprint density at radius 1 is 1.33 bits per heavy atom. The second-order valence-electron chi connectivity index (χ2n) is 7.29. The van der Waals surface area contributed by atoms with Gasteiger partial charge in [0.2, 0.25) is 0 Å². The number of benzene rings is 2. The van der Waals surface area contributed by atoms with Gasteiger partial charge < -0.3 is 14.6 Å². The van der Waals surface area contributed by atoms with E-state index < -0.39 is 29.7 Å². The second-order valence-corrected chi connectivity index (χ2v) is 7.29. The SMILES string of the molecule is CCOC(=O)NC(=N[C@@H]1c2cc(C#N)ccc2OC(C)(C)[C@H]1O)c1ccc(F)cc1. The molecular formula is C22H22FN3O4. The zero-order valence-electron chi connectivity index (χ0n) is 16.8. The molecule has 0 aliphatic carbocycles. The third-order valence-electron chi connectivity index (χ3n) is 4.72. The molecule has 1 heterocycles. The number of ether oxygens (including phenoxy) is 2. The number of nitrogens with zero attached hydrogens (tertiary/aromatic N) is 2. The van der Waals surface area contributed by atoms with Crippen LogP contribution in [0.5, 0.6) is 5.75 Å². The third kappa shape index (κ3) is 4.42. The number of amides is 1. The second kappa shape index (κ2) is 8.51. The molecule has 0 radical (unpaired) electrons. The Hall–Kier alpha value is -3.44. The van der Waals surface area contributed by atoms with Crippen molar-refractivity contribution in [1.82, 2.24) is 5.32 Å². The molecule has 1 aliphatic rings. The molecule has 7 nitrogen and oxygen atoms in total. The number of nitrogens with one attached hydrogen (secondary N) is 1. The molecule has 0 saturated heterocycles. The molecule has 2 aromatic rings. The van der Waals surface area contributed by atoms with Crippen LogP contribution in [0.2, 0.25) is 0 Å². The molecule has 1 amide bonds. The Bertz CT molecular complexity index is 1010. The first-order chi connectivity index (χ1) is 14.2. The average Bonchev–Trinajstić information content (AvgIpc) is 2.71. The van der Waals surface area contributed by atoms with Gasteiger partial charge in [0.05, 0.1) is 18.2 Å². The van der Waals surface area contributed by atoms with Gasteiger partial charge in [-0.25, -0.2) is 9.18 Å². The zero-order valence-corrected chi connectivity index (χ0v) is 16.8. The lowest BCUT2D eigenvalue weighted by atomic mass is 9.86. The number of halogens is 1. The minimum absolute atomic E-state index is 0.100. The molecule has 0 aromatic heterocycles. The molecule has 2 N–H and O–H groups in total. The van der Waals surface area contributed by atoms with E-state index in [0.717, 1.165) is 0 Å². The molecule has 3 rings (SSSR count). The van der Waals surface area contributed by atoms with Gasteiger partial charge in [0, 0.05) is 11.1 Å². The summed E-state index contributed by atoms with van der Waals surface area (Å²) in [5.74, 6) is 0.140. The summed E-state index contributed by atoms with van der Waals surface area (Å²) < 4.78 is 24.2. The first-order valence-electron chi connectivity index (χ1n) is 9.43. The fourth-order valence-electron chi connectivity index (χ4n) is 3.17. The monoisotopic (exact) mass is 411 g/mol. The number of fused-ring (bicyclic) bond motifs is 1. The highest BCUT2D eigenvalue weighted by Crippen LogP contribution is 2.42. The van der Waals surface area contributed by atoms with E-state index >= 15 is 0 Å². The van der Waals surface area contributed by atoms with E-state index in [1.54, 1.807) is 39.0 Å². The summed E-state index contributed by atoms with van der Waals surface area (Å²) in [6.07, 6.45) is -1.81. The largest absolute Gasteiger partial charge is 0.485 e. The molecule has 156 valence electrons. The standard InChI is InChI=1S/C22H22FN3O4/c1-4-29-21(28)26-20(14-6-8-15(23)9-7-14)25-18-16-11-13(12-24)5-10-17(16)30-22(2,3)19(18)27/h5-11,18-19,27H,4H2,1-3H3,(H,25,26,28)/t18-,19+/m1/s1. The van der Waals surface area contributed by atoms with E-state index in [-0.39, 0.29) is 12.4 Å².